The largest absolute Gasteiger partial charge is 0.308 e. The molecule has 7 aromatic carbocycles. The summed E-state index contributed by atoms with van der Waals surface area (Å²) in [5.41, 5.74) is 11.6. The number of rotatable bonds is 1. The topological polar surface area (TPSA) is 35.1 Å². The average Bonchev–Trinajstić information content (AvgIpc) is 3.78. The number of fused-ring (bicyclic) bond motifs is 14. The van der Waals surface area contributed by atoms with E-state index in [4.69, 9.17) is 9.97 Å². The summed E-state index contributed by atoms with van der Waals surface area (Å²) in [7, 11) is 0. The molecular weight excluding hydrogens is 597 g/mol. The molecule has 0 spiro atoms. The van der Waals surface area contributed by atoms with Crippen molar-refractivity contribution in [2.24, 2.45) is 0 Å². The summed E-state index contributed by atoms with van der Waals surface area (Å²) in [6, 6.07) is 48.7. The second kappa shape index (κ2) is 8.60. The van der Waals surface area contributed by atoms with E-state index in [2.05, 4.69) is 156 Å². The number of aromatic nitrogens is 4. The minimum absolute atomic E-state index is 0.156. The van der Waals surface area contributed by atoms with Crippen LogP contribution < -0.4 is 0 Å². The fourth-order valence-corrected chi connectivity index (χ4v) is 9.34. The van der Waals surface area contributed by atoms with Gasteiger partial charge in [-0.25, -0.2) is 9.97 Å². The minimum Gasteiger partial charge on any atom is -0.308 e. The molecule has 0 saturated carbocycles. The van der Waals surface area contributed by atoms with Crippen molar-refractivity contribution in [3.8, 4) is 17.2 Å². The molecule has 0 N–H and O–H groups in total. The Morgan fingerprint density at radius 2 is 1.18 bits per heavy atom. The van der Waals surface area contributed by atoms with Gasteiger partial charge in [0.2, 0.25) is 5.95 Å². The highest BCUT2D eigenvalue weighted by molar-refractivity contribution is 6.37. The van der Waals surface area contributed by atoms with Gasteiger partial charge < -0.3 is 4.40 Å². The van der Waals surface area contributed by atoms with Crippen LogP contribution in [0.1, 0.15) is 25.0 Å². The van der Waals surface area contributed by atoms with Crippen molar-refractivity contribution in [3.63, 3.8) is 0 Å². The first-order chi connectivity index (χ1) is 24.1. The van der Waals surface area contributed by atoms with Crippen LogP contribution >= 0.6 is 0 Å². The molecular formula is C45H28N4. The monoisotopic (exact) mass is 624 g/mol. The van der Waals surface area contributed by atoms with Crippen LogP contribution in [0.4, 0.5) is 0 Å². The molecule has 12 rings (SSSR count). The fourth-order valence-electron chi connectivity index (χ4n) is 9.34. The highest BCUT2D eigenvalue weighted by Crippen LogP contribution is 2.50. The molecule has 228 valence electrons. The molecule has 0 radical (unpaired) electrons. The summed E-state index contributed by atoms with van der Waals surface area (Å²) in [4.78, 5) is 11.0. The maximum atomic E-state index is 5.56. The number of para-hydroxylation sites is 2. The Morgan fingerprint density at radius 3 is 2.06 bits per heavy atom. The summed E-state index contributed by atoms with van der Waals surface area (Å²) in [5.74, 6) is 0.701. The predicted molar refractivity (Wildman–Crippen MR) is 204 cm³/mol. The maximum absolute atomic E-state index is 5.56. The predicted octanol–water partition coefficient (Wildman–Crippen LogP) is 11.3. The van der Waals surface area contributed by atoms with Crippen molar-refractivity contribution >= 4 is 81.6 Å². The van der Waals surface area contributed by atoms with Gasteiger partial charge in [-0.1, -0.05) is 117 Å². The quantitative estimate of drug-likeness (QED) is 0.182. The second-order valence-corrected chi connectivity index (χ2v) is 14.2. The van der Waals surface area contributed by atoms with Gasteiger partial charge >= 0.3 is 0 Å². The summed E-state index contributed by atoms with van der Waals surface area (Å²) in [6.45, 7) is 4.64. The highest BCUT2D eigenvalue weighted by Gasteiger charge is 2.35. The minimum atomic E-state index is -0.156. The van der Waals surface area contributed by atoms with Crippen molar-refractivity contribution in [2.75, 3.05) is 0 Å². The van der Waals surface area contributed by atoms with E-state index in [-0.39, 0.29) is 5.41 Å². The van der Waals surface area contributed by atoms with E-state index >= 15 is 0 Å². The number of hydrogen-bond donors (Lipinski definition) is 0. The lowest BCUT2D eigenvalue weighted by Crippen LogP contribution is -2.24. The molecule has 1 aliphatic rings. The van der Waals surface area contributed by atoms with E-state index in [0.29, 0.717) is 5.95 Å². The third kappa shape index (κ3) is 2.98. The van der Waals surface area contributed by atoms with Crippen LogP contribution in [0.5, 0.6) is 0 Å². The van der Waals surface area contributed by atoms with Gasteiger partial charge in [0.25, 0.3) is 0 Å². The molecule has 0 fully saturated rings. The Balaban J connectivity index is 1.35. The van der Waals surface area contributed by atoms with Crippen LogP contribution in [-0.4, -0.2) is 18.9 Å². The summed E-state index contributed by atoms with van der Waals surface area (Å²) >= 11 is 0. The molecule has 4 heteroatoms. The highest BCUT2D eigenvalue weighted by atomic mass is 15.2. The van der Waals surface area contributed by atoms with Crippen LogP contribution in [0.2, 0.25) is 0 Å². The van der Waals surface area contributed by atoms with Crippen molar-refractivity contribution in [1.82, 2.24) is 18.9 Å². The number of hydrogen-bond acceptors (Lipinski definition) is 2. The second-order valence-electron chi connectivity index (χ2n) is 14.2. The molecule has 4 aromatic heterocycles. The normalized spacial score (nSPS) is 14.1. The van der Waals surface area contributed by atoms with Gasteiger partial charge in [0.05, 0.1) is 38.8 Å². The molecule has 0 saturated heterocycles. The van der Waals surface area contributed by atoms with Crippen LogP contribution in [-0.2, 0) is 5.41 Å². The average molecular weight is 625 g/mol. The van der Waals surface area contributed by atoms with Crippen LogP contribution in [0, 0.1) is 0 Å². The molecule has 4 heterocycles. The van der Waals surface area contributed by atoms with E-state index < -0.39 is 0 Å². The zero-order valence-electron chi connectivity index (χ0n) is 27.0. The number of nitrogens with zero attached hydrogens (tertiary/aromatic N) is 4. The molecule has 0 atom stereocenters. The maximum Gasteiger partial charge on any atom is 0.235 e. The van der Waals surface area contributed by atoms with Crippen molar-refractivity contribution in [3.05, 3.63) is 145 Å². The standard InChI is InChI=1S/C45H28N4/c1-45(2)32-17-8-5-16-29(32)41-39-33(45)18-11-19-34(39)46-44(47-41)49-36-21-10-7-15-28(36)31-24-30-27-14-6-9-20-35(27)48-37-23-22-25-12-3-4-13-26(25)38(37)40(42(30)48)43(31)49/h3-24H,1-2H3. The fraction of sp³-hybridized carbons (Fsp3) is 0.0667. The lowest BCUT2D eigenvalue weighted by atomic mass is 9.70. The lowest BCUT2D eigenvalue weighted by Gasteiger charge is -2.34. The van der Waals surface area contributed by atoms with Gasteiger partial charge in [0.1, 0.15) is 0 Å². The van der Waals surface area contributed by atoms with Crippen molar-refractivity contribution in [1.29, 1.82) is 0 Å². The van der Waals surface area contributed by atoms with E-state index in [1.165, 1.54) is 76.3 Å². The zero-order chi connectivity index (χ0) is 32.2. The Morgan fingerprint density at radius 1 is 0.490 bits per heavy atom. The van der Waals surface area contributed by atoms with E-state index in [0.717, 1.165) is 27.6 Å². The van der Waals surface area contributed by atoms with E-state index in [1.807, 2.05) is 0 Å². The Kier molecular flexibility index (Phi) is 4.53. The first-order valence-electron chi connectivity index (χ1n) is 17.0. The molecule has 1 aliphatic carbocycles. The van der Waals surface area contributed by atoms with Gasteiger partial charge in [-0.05, 0) is 52.2 Å². The third-order valence-corrected chi connectivity index (χ3v) is 11.4. The molecule has 0 bridgehead atoms. The van der Waals surface area contributed by atoms with Gasteiger partial charge in [-0.3, -0.25) is 4.57 Å². The summed E-state index contributed by atoms with van der Waals surface area (Å²) in [6.07, 6.45) is 0. The Hall–Kier alpha value is -6.26. The molecule has 49 heavy (non-hydrogen) atoms. The first kappa shape index (κ1) is 25.8. The molecule has 11 aromatic rings. The van der Waals surface area contributed by atoms with E-state index in [1.54, 1.807) is 0 Å². The molecule has 0 unspecified atom stereocenters. The van der Waals surface area contributed by atoms with E-state index in [9.17, 15) is 0 Å². The van der Waals surface area contributed by atoms with Crippen LogP contribution in [0.15, 0.2) is 133 Å². The SMILES string of the molecule is CC1(C)c2ccccc2-c2nc(-n3c4ccccc4c4cc5c6ccccc6n6c7ccc8ccccc8c7c(c43)c56)nc3cccc1c23. The molecule has 0 amide bonds. The summed E-state index contributed by atoms with van der Waals surface area (Å²) in [5, 5.41) is 11.1. The first-order valence-corrected chi connectivity index (χ1v) is 17.0. The van der Waals surface area contributed by atoms with Gasteiger partial charge in [-0.15, -0.1) is 0 Å². The lowest BCUT2D eigenvalue weighted by molar-refractivity contribution is 0.643. The zero-order valence-corrected chi connectivity index (χ0v) is 27.0. The Bertz CT molecular complexity index is 3250. The number of benzene rings is 7. The molecule has 4 nitrogen and oxygen atoms in total. The van der Waals surface area contributed by atoms with Crippen molar-refractivity contribution in [2.45, 2.75) is 19.3 Å². The van der Waals surface area contributed by atoms with Crippen LogP contribution in [0.25, 0.3) is 98.8 Å². The molecule has 0 aliphatic heterocycles. The van der Waals surface area contributed by atoms with Gasteiger partial charge in [-0.2, -0.15) is 0 Å². The van der Waals surface area contributed by atoms with Crippen molar-refractivity contribution < 1.29 is 0 Å². The smallest absolute Gasteiger partial charge is 0.235 e. The van der Waals surface area contributed by atoms with Gasteiger partial charge in [0, 0.05) is 48.7 Å². The van der Waals surface area contributed by atoms with Crippen LogP contribution in [0.3, 0.4) is 0 Å². The summed E-state index contributed by atoms with van der Waals surface area (Å²) < 4.78 is 4.84. The van der Waals surface area contributed by atoms with Gasteiger partial charge in [0.15, 0.2) is 0 Å². The third-order valence-electron chi connectivity index (χ3n) is 11.4. The Labute approximate surface area is 280 Å².